The topological polar surface area (TPSA) is 171 Å². The van der Waals surface area contributed by atoms with Crippen molar-refractivity contribution >= 4 is 26.8 Å². The van der Waals surface area contributed by atoms with Crippen LogP contribution in [-0.2, 0) is 42.6 Å². The van der Waals surface area contributed by atoms with E-state index in [9.17, 15) is 18.0 Å². The number of fused-ring (bicyclic) bond motifs is 1. The Morgan fingerprint density at radius 2 is 1.71 bits per heavy atom. The molecule has 0 radical (unpaired) electrons. The molecule has 1 N–H and O–H groups in total. The summed E-state index contributed by atoms with van der Waals surface area (Å²) in [4.78, 5) is 30.5. The van der Waals surface area contributed by atoms with E-state index in [1.165, 1.54) is 38.1 Å². The monoisotopic (exact) mass is 643 g/mol. The number of nitrogens with zero attached hydrogens (tertiary/aromatic N) is 4. The number of aryl methyl sites for hydroxylation is 1. The molecule has 0 aliphatic heterocycles. The highest BCUT2D eigenvalue weighted by atomic mass is 32.2. The Balaban J connectivity index is 1.50. The molecule has 45 heavy (non-hydrogen) atoms. The molecule has 2 heterocycles. The molecule has 14 nitrogen and oxygen atoms in total. The molecule has 0 atom stereocenters. The third-order valence-corrected chi connectivity index (χ3v) is 9.88. The van der Waals surface area contributed by atoms with Gasteiger partial charge in [-0.15, -0.1) is 0 Å². The first-order valence-electron chi connectivity index (χ1n) is 14.2. The number of sulfonamides is 1. The van der Waals surface area contributed by atoms with Crippen molar-refractivity contribution in [1.82, 2.24) is 19.2 Å². The molecular weight excluding hydrogens is 606 g/mol. The summed E-state index contributed by atoms with van der Waals surface area (Å²) >= 11 is 0. The van der Waals surface area contributed by atoms with Gasteiger partial charge in [-0.25, -0.2) is 13.4 Å². The summed E-state index contributed by atoms with van der Waals surface area (Å²) in [6.45, 7) is 0.515. The van der Waals surface area contributed by atoms with Crippen molar-refractivity contribution in [3.8, 4) is 11.9 Å². The van der Waals surface area contributed by atoms with Crippen LogP contribution in [-0.4, -0.2) is 93.6 Å². The molecule has 1 amide bonds. The first-order chi connectivity index (χ1) is 21.7. The number of carbonyl (C=O) groups is 1. The summed E-state index contributed by atoms with van der Waals surface area (Å²) in [7, 11) is 0.596. The van der Waals surface area contributed by atoms with Crippen molar-refractivity contribution < 1.29 is 36.9 Å². The highest BCUT2D eigenvalue weighted by Crippen LogP contribution is 2.45. The molecule has 3 aromatic rings. The number of ether oxygens (including phenoxy) is 5. The molecule has 0 unspecified atom stereocenters. The quantitative estimate of drug-likeness (QED) is 0.157. The SMILES string of the molecule is COCCOCN(COCCOC)S(=O)(=O)C1(COc2nccc3cc(C(=O)NCc4ccc(C#N)cc4)c(=O)n(C)c23)CC1. The molecule has 1 aromatic carbocycles. The first-order valence-corrected chi connectivity index (χ1v) is 15.6. The number of methoxy groups -OCH3 is 2. The molecule has 2 aromatic heterocycles. The number of pyridine rings is 2. The van der Waals surface area contributed by atoms with Crippen molar-refractivity contribution in [2.24, 2.45) is 7.05 Å². The highest BCUT2D eigenvalue weighted by molar-refractivity contribution is 7.90. The zero-order valence-corrected chi connectivity index (χ0v) is 26.3. The molecule has 0 spiro atoms. The molecule has 1 fully saturated rings. The van der Waals surface area contributed by atoms with E-state index in [1.807, 2.05) is 6.07 Å². The van der Waals surface area contributed by atoms with E-state index in [-0.39, 0.29) is 51.3 Å². The van der Waals surface area contributed by atoms with Crippen LogP contribution in [0.1, 0.15) is 34.3 Å². The Labute approximate surface area is 261 Å². The van der Waals surface area contributed by atoms with Crippen LogP contribution in [0, 0.1) is 11.3 Å². The molecule has 0 bridgehead atoms. The average molecular weight is 644 g/mol. The van der Waals surface area contributed by atoms with Gasteiger partial charge in [0, 0.05) is 39.4 Å². The van der Waals surface area contributed by atoms with Gasteiger partial charge >= 0.3 is 0 Å². The summed E-state index contributed by atoms with van der Waals surface area (Å²) in [6.07, 6.45) is 2.18. The second-order valence-electron chi connectivity index (χ2n) is 10.5. The maximum absolute atomic E-state index is 13.8. The number of nitriles is 1. The number of amides is 1. The molecule has 15 heteroatoms. The number of hydrogen-bond donors (Lipinski definition) is 1. The van der Waals surface area contributed by atoms with E-state index in [1.54, 1.807) is 30.3 Å². The van der Waals surface area contributed by atoms with Gasteiger partial charge in [-0.1, -0.05) is 12.1 Å². The van der Waals surface area contributed by atoms with E-state index in [0.717, 1.165) is 9.87 Å². The van der Waals surface area contributed by atoms with Crippen molar-refractivity contribution in [3.05, 3.63) is 69.6 Å². The Bertz CT molecular complexity index is 1670. The van der Waals surface area contributed by atoms with Crippen molar-refractivity contribution in [2.45, 2.75) is 24.1 Å². The lowest BCUT2D eigenvalue weighted by Gasteiger charge is -2.27. The Morgan fingerprint density at radius 1 is 1.07 bits per heavy atom. The van der Waals surface area contributed by atoms with E-state index in [2.05, 4.69) is 10.3 Å². The van der Waals surface area contributed by atoms with Gasteiger partial charge in [-0.2, -0.15) is 9.57 Å². The molecule has 242 valence electrons. The van der Waals surface area contributed by atoms with Gasteiger partial charge in [-0.3, -0.25) is 9.59 Å². The van der Waals surface area contributed by atoms with Crippen LogP contribution in [0.3, 0.4) is 0 Å². The number of benzene rings is 1. The van der Waals surface area contributed by atoms with Crippen molar-refractivity contribution in [3.63, 3.8) is 0 Å². The maximum Gasteiger partial charge on any atom is 0.263 e. The first kappa shape index (κ1) is 34.0. The minimum Gasteiger partial charge on any atom is -0.474 e. The number of carbonyl (C=O) groups excluding carboxylic acids is 1. The summed E-state index contributed by atoms with van der Waals surface area (Å²) in [5.41, 5.74) is 0.947. The predicted octanol–water partition coefficient (Wildman–Crippen LogP) is 1.52. The number of rotatable bonds is 18. The fourth-order valence-corrected chi connectivity index (χ4v) is 6.33. The van der Waals surface area contributed by atoms with Gasteiger partial charge in [0.05, 0.1) is 38.1 Å². The van der Waals surface area contributed by atoms with Gasteiger partial charge in [0.25, 0.3) is 11.5 Å². The number of nitrogens with one attached hydrogen (secondary N) is 1. The average Bonchev–Trinajstić information content (AvgIpc) is 3.85. The summed E-state index contributed by atoms with van der Waals surface area (Å²) < 4.78 is 55.7. The zero-order valence-electron chi connectivity index (χ0n) is 25.5. The third-order valence-electron chi connectivity index (χ3n) is 7.37. The van der Waals surface area contributed by atoms with Crippen molar-refractivity contribution in [1.29, 1.82) is 5.26 Å². The number of aromatic nitrogens is 2. The Morgan fingerprint density at radius 3 is 2.29 bits per heavy atom. The third kappa shape index (κ3) is 8.03. The normalized spacial score (nSPS) is 13.9. The predicted molar refractivity (Wildman–Crippen MR) is 163 cm³/mol. The maximum atomic E-state index is 13.8. The molecule has 1 aliphatic carbocycles. The molecule has 1 saturated carbocycles. The van der Waals surface area contributed by atoms with Crippen LogP contribution < -0.4 is 15.6 Å². The van der Waals surface area contributed by atoms with E-state index >= 15 is 0 Å². The number of hydrogen-bond acceptors (Lipinski definition) is 11. The van der Waals surface area contributed by atoms with Crippen LogP contribution in [0.15, 0.2) is 47.4 Å². The van der Waals surface area contributed by atoms with Crippen molar-refractivity contribution in [2.75, 3.05) is 60.7 Å². The van der Waals surface area contributed by atoms with Crippen LogP contribution in [0.4, 0.5) is 0 Å². The lowest BCUT2D eigenvalue weighted by Crippen LogP contribution is -2.45. The van der Waals surface area contributed by atoms with Gasteiger partial charge in [-0.05, 0) is 42.7 Å². The smallest absolute Gasteiger partial charge is 0.263 e. The molecule has 4 rings (SSSR count). The lowest BCUT2D eigenvalue weighted by molar-refractivity contribution is -0.0235. The minimum absolute atomic E-state index is 0.0670. The van der Waals surface area contributed by atoms with Gasteiger partial charge < -0.3 is 33.6 Å². The largest absolute Gasteiger partial charge is 0.474 e. The molecular formula is C30H37N5O9S. The standard InChI is InChI=1S/C30H37N5O9S/c1-34-26-24(16-25(29(34)37)27(36)33-18-23-6-4-22(17-31)5-7-23)8-11-32-28(26)44-19-30(9-10-30)45(38,39)35(20-42-14-12-40-2)21-43-15-13-41-3/h4-8,11,16H,9-10,12-15,18-21H2,1-3H3,(H,33,36). The Hall–Kier alpha value is -3.91. The van der Waals surface area contributed by atoms with Gasteiger partial charge in [0.2, 0.25) is 15.9 Å². The molecule has 1 aliphatic rings. The second-order valence-corrected chi connectivity index (χ2v) is 12.8. The summed E-state index contributed by atoms with van der Waals surface area (Å²) in [6, 6.07) is 11.9. The summed E-state index contributed by atoms with van der Waals surface area (Å²) in [5.74, 6) is -0.498. The van der Waals surface area contributed by atoms with Crippen LogP contribution >= 0.6 is 0 Å². The Kier molecular flexibility index (Phi) is 11.6. The van der Waals surface area contributed by atoms with Crippen LogP contribution in [0.25, 0.3) is 10.9 Å². The summed E-state index contributed by atoms with van der Waals surface area (Å²) in [5, 5.41) is 12.2. The highest BCUT2D eigenvalue weighted by Gasteiger charge is 2.58. The molecule has 0 saturated heterocycles. The van der Waals surface area contributed by atoms with Crippen LogP contribution in [0.5, 0.6) is 5.88 Å². The zero-order chi connectivity index (χ0) is 32.5. The fraction of sp³-hybridized carbons (Fsp3) is 0.467. The van der Waals surface area contributed by atoms with E-state index in [4.69, 9.17) is 28.9 Å². The minimum atomic E-state index is -3.95. The van der Waals surface area contributed by atoms with Crippen LogP contribution in [0.2, 0.25) is 0 Å². The van der Waals surface area contributed by atoms with E-state index in [0.29, 0.717) is 42.5 Å². The van der Waals surface area contributed by atoms with E-state index < -0.39 is 26.2 Å². The lowest BCUT2D eigenvalue weighted by atomic mass is 10.1. The fourth-order valence-electron chi connectivity index (χ4n) is 4.53. The second kappa shape index (κ2) is 15.4. The van der Waals surface area contributed by atoms with Gasteiger partial charge in [0.1, 0.15) is 35.9 Å². The van der Waals surface area contributed by atoms with Gasteiger partial charge in [0.15, 0.2) is 0 Å².